The van der Waals surface area contributed by atoms with Gasteiger partial charge in [0, 0.05) is 16.5 Å². The Morgan fingerprint density at radius 3 is 1.69 bits per heavy atom. The number of hydrogen-bond acceptors (Lipinski definition) is 2. The predicted octanol–water partition coefficient (Wildman–Crippen LogP) is 7.21. The molecule has 5 aromatic carbocycles. The Balaban J connectivity index is 1.64. The highest BCUT2D eigenvalue weighted by Crippen LogP contribution is 2.37. The number of amides is 1. The number of rotatable bonds is 8. The fourth-order valence-electron chi connectivity index (χ4n) is 5.00. The van der Waals surface area contributed by atoms with Gasteiger partial charge in [-0.05, 0) is 41.7 Å². The standard InChI is InChI=1S/C33H29NO2/c1-36-31-22-21-30(28-19-11-12-20-29(28)31)34-32(35)33(27-17-9-4-10-18-27,23-25-13-5-2-6-14-25)24-26-15-7-3-8-16-26/h2-22H,23-24H2,1H3,(H,34,35). The summed E-state index contributed by atoms with van der Waals surface area (Å²) < 4.78 is 5.57. The molecule has 0 saturated heterocycles. The summed E-state index contributed by atoms with van der Waals surface area (Å²) >= 11 is 0. The first-order chi connectivity index (χ1) is 17.7. The van der Waals surface area contributed by atoms with E-state index in [1.54, 1.807) is 7.11 Å². The maximum atomic E-state index is 14.5. The van der Waals surface area contributed by atoms with Crippen LogP contribution in [0.15, 0.2) is 127 Å². The Hall–Kier alpha value is -4.37. The van der Waals surface area contributed by atoms with E-state index >= 15 is 0 Å². The van der Waals surface area contributed by atoms with Crippen molar-refractivity contribution in [1.29, 1.82) is 0 Å². The molecule has 0 atom stereocenters. The quantitative estimate of drug-likeness (QED) is 0.260. The molecule has 0 aliphatic carbocycles. The zero-order valence-corrected chi connectivity index (χ0v) is 20.4. The molecule has 5 aromatic rings. The molecule has 0 aliphatic rings. The lowest BCUT2D eigenvalue weighted by Gasteiger charge is -2.34. The van der Waals surface area contributed by atoms with Crippen LogP contribution in [0.4, 0.5) is 5.69 Å². The van der Waals surface area contributed by atoms with Crippen LogP contribution in [-0.2, 0) is 23.1 Å². The summed E-state index contributed by atoms with van der Waals surface area (Å²) in [6.07, 6.45) is 1.15. The summed E-state index contributed by atoms with van der Waals surface area (Å²) in [5.41, 5.74) is 3.19. The Morgan fingerprint density at radius 1 is 0.639 bits per heavy atom. The Kier molecular flexibility index (Phi) is 6.81. The van der Waals surface area contributed by atoms with Crippen molar-refractivity contribution in [1.82, 2.24) is 0 Å². The van der Waals surface area contributed by atoms with Crippen LogP contribution in [0.2, 0.25) is 0 Å². The van der Waals surface area contributed by atoms with Crippen molar-refractivity contribution < 1.29 is 9.53 Å². The number of nitrogens with one attached hydrogen (secondary N) is 1. The summed E-state index contributed by atoms with van der Waals surface area (Å²) in [5, 5.41) is 5.24. The number of carbonyl (C=O) groups is 1. The van der Waals surface area contributed by atoms with Crippen molar-refractivity contribution in [3.8, 4) is 5.75 Å². The first kappa shape index (κ1) is 23.4. The Bertz CT molecular complexity index is 1410. The van der Waals surface area contributed by atoms with Gasteiger partial charge in [-0.15, -0.1) is 0 Å². The molecule has 0 fully saturated rings. The van der Waals surface area contributed by atoms with Crippen molar-refractivity contribution in [2.24, 2.45) is 0 Å². The molecule has 0 aromatic heterocycles. The number of carbonyl (C=O) groups excluding carboxylic acids is 1. The minimum absolute atomic E-state index is 0.0308. The fraction of sp³-hybridized carbons (Fsp3) is 0.121. The van der Waals surface area contributed by atoms with E-state index in [4.69, 9.17) is 4.74 Å². The molecule has 0 bridgehead atoms. The number of fused-ring (bicyclic) bond motifs is 1. The molecule has 3 nitrogen and oxygen atoms in total. The molecular weight excluding hydrogens is 442 g/mol. The van der Waals surface area contributed by atoms with Gasteiger partial charge >= 0.3 is 0 Å². The van der Waals surface area contributed by atoms with Gasteiger partial charge in [-0.25, -0.2) is 0 Å². The molecule has 3 heteroatoms. The SMILES string of the molecule is COc1ccc(NC(=O)C(Cc2ccccc2)(Cc2ccccc2)c2ccccc2)c2ccccc12. The van der Waals surface area contributed by atoms with E-state index in [2.05, 4.69) is 41.7 Å². The van der Waals surface area contributed by atoms with Gasteiger partial charge in [0.15, 0.2) is 0 Å². The van der Waals surface area contributed by atoms with Crippen molar-refractivity contribution in [3.63, 3.8) is 0 Å². The van der Waals surface area contributed by atoms with Gasteiger partial charge in [0.25, 0.3) is 0 Å². The molecule has 0 spiro atoms. The summed E-state index contributed by atoms with van der Waals surface area (Å²) in [6, 6.07) is 42.5. The predicted molar refractivity (Wildman–Crippen MR) is 148 cm³/mol. The highest BCUT2D eigenvalue weighted by atomic mass is 16.5. The number of ether oxygens (including phenoxy) is 1. The van der Waals surface area contributed by atoms with E-state index in [0.717, 1.165) is 38.9 Å². The van der Waals surface area contributed by atoms with Crippen molar-refractivity contribution in [2.45, 2.75) is 18.3 Å². The minimum Gasteiger partial charge on any atom is -0.496 e. The van der Waals surface area contributed by atoms with Crippen LogP contribution in [0.1, 0.15) is 16.7 Å². The summed E-state index contributed by atoms with van der Waals surface area (Å²) in [7, 11) is 1.67. The molecule has 1 N–H and O–H groups in total. The lowest BCUT2D eigenvalue weighted by molar-refractivity contribution is -0.121. The number of methoxy groups -OCH3 is 1. The van der Waals surface area contributed by atoms with Crippen molar-refractivity contribution in [2.75, 3.05) is 12.4 Å². The molecule has 0 saturated carbocycles. The van der Waals surface area contributed by atoms with Crippen molar-refractivity contribution in [3.05, 3.63) is 144 Å². The maximum Gasteiger partial charge on any atom is 0.235 e. The van der Waals surface area contributed by atoms with Gasteiger partial charge < -0.3 is 10.1 Å². The zero-order valence-electron chi connectivity index (χ0n) is 20.4. The molecule has 0 heterocycles. The van der Waals surface area contributed by atoms with Gasteiger partial charge in [0.1, 0.15) is 5.75 Å². The van der Waals surface area contributed by atoms with Crippen LogP contribution in [0.5, 0.6) is 5.75 Å². The highest BCUT2D eigenvalue weighted by molar-refractivity contribution is 6.07. The smallest absolute Gasteiger partial charge is 0.235 e. The second-order valence-electron chi connectivity index (χ2n) is 9.09. The Morgan fingerprint density at radius 2 is 1.14 bits per heavy atom. The molecule has 1 amide bonds. The summed E-state index contributed by atoms with van der Waals surface area (Å²) in [4.78, 5) is 14.5. The van der Waals surface area contributed by atoms with Crippen LogP contribution in [0.25, 0.3) is 10.8 Å². The topological polar surface area (TPSA) is 38.3 Å². The van der Waals surface area contributed by atoms with Crippen molar-refractivity contribution >= 4 is 22.4 Å². The lowest BCUT2D eigenvalue weighted by Crippen LogP contribution is -2.44. The summed E-state index contributed by atoms with van der Waals surface area (Å²) in [5.74, 6) is 0.753. The number of benzene rings is 5. The van der Waals surface area contributed by atoms with E-state index in [1.807, 2.05) is 91.0 Å². The van der Waals surface area contributed by atoms with E-state index in [1.165, 1.54) is 0 Å². The lowest BCUT2D eigenvalue weighted by atomic mass is 9.70. The molecular formula is C33H29NO2. The van der Waals surface area contributed by atoms with Gasteiger partial charge in [0.2, 0.25) is 5.91 Å². The van der Waals surface area contributed by atoms with Crippen LogP contribution in [-0.4, -0.2) is 13.0 Å². The average Bonchev–Trinajstić information content (AvgIpc) is 2.94. The highest BCUT2D eigenvalue weighted by Gasteiger charge is 2.40. The van der Waals surface area contributed by atoms with Gasteiger partial charge in [-0.2, -0.15) is 0 Å². The fourth-order valence-corrected chi connectivity index (χ4v) is 5.00. The third-order valence-electron chi connectivity index (χ3n) is 6.81. The molecule has 36 heavy (non-hydrogen) atoms. The largest absolute Gasteiger partial charge is 0.496 e. The van der Waals surface area contributed by atoms with Gasteiger partial charge in [-0.3, -0.25) is 4.79 Å². The normalized spacial score (nSPS) is 11.2. The van der Waals surface area contributed by atoms with E-state index in [9.17, 15) is 4.79 Å². The zero-order chi connectivity index (χ0) is 24.8. The minimum atomic E-state index is -0.814. The Labute approximate surface area is 212 Å². The third kappa shape index (κ3) is 4.73. The second kappa shape index (κ2) is 10.5. The van der Waals surface area contributed by atoms with Gasteiger partial charge in [0.05, 0.1) is 12.5 Å². The molecule has 0 aliphatic heterocycles. The molecule has 0 radical (unpaired) electrons. The maximum absolute atomic E-state index is 14.5. The van der Waals surface area contributed by atoms with Crippen LogP contribution < -0.4 is 10.1 Å². The van der Waals surface area contributed by atoms with E-state index in [-0.39, 0.29) is 5.91 Å². The van der Waals surface area contributed by atoms with Gasteiger partial charge in [-0.1, -0.05) is 115 Å². The second-order valence-corrected chi connectivity index (χ2v) is 9.09. The first-order valence-corrected chi connectivity index (χ1v) is 12.2. The molecule has 0 unspecified atom stereocenters. The number of hydrogen-bond donors (Lipinski definition) is 1. The van der Waals surface area contributed by atoms with Crippen LogP contribution >= 0.6 is 0 Å². The van der Waals surface area contributed by atoms with Crippen LogP contribution in [0.3, 0.4) is 0 Å². The van der Waals surface area contributed by atoms with E-state index < -0.39 is 5.41 Å². The third-order valence-corrected chi connectivity index (χ3v) is 6.81. The molecule has 178 valence electrons. The van der Waals surface area contributed by atoms with E-state index in [0.29, 0.717) is 12.8 Å². The first-order valence-electron chi connectivity index (χ1n) is 12.2. The monoisotopic (exact) mass is 471 g/mol. The number of anilines is 1. The molecule has 5 rings (SSSR count). The average molecular weight is 472 g/mol. The van der Waals surface area contributed by atoms with Crippen LogP contribution in [0, 0.1) is 0 Å². The summed E-state index contributed by atoms with van der Waals surface area (Å²) in [6.45, 7) is 0.